The van der Waals surface area contributed by atoms with E-state index in [1.165, 1.54) is 24.3 Å². The van der Waals surface area contributed by atoms with Crippen LogP contribution in [0.5, 0.6) is 0 Å². The monoisotopic (exact) mass is 412 g/mol. The molecular weight excluding hydrogens is 390 g/mol. The molecule has 1 aliphatic rings. The largest absolute Gasteiger partial charge is 0.343 e. The number of halogens is 2. The molecule has 1 saturated carbocycles. The van der Waals surface area contributed by atoms with Crippen molar-refractivity contribution < 1.29 is 13.6 Å². The van der Waals surface area contributed by atoms with Gasteiger partial charge in [0.2, 0.25) is 5.91 Å². The van der Waals surface area contributed by atoms with E-state index in [4.69, 9.17) is 0 Å². The molecule has 0 spiro atoms. The highest BCUT2D eigenvalue weighted by Crippen LogP contribution is 2.29. The summed E-state index contributed by atoms with van der Waals surface area (Å²) >= 11 is 1.56. The molecular formula is C23H22F2N2OS. The van der Waals surface area contributed by atoms with Gasteiger partial charge in [0.15, 0.2) is 0 Å². The zero-order valence-electron chi connectivity index (χ0n) is 15.9. The van der Waals surface area contributed by atoms with Crippen molar-refractivity contribution in [2.24, 2.45) is 0 Å². The van der Waals surface area contributed by atoms with Gasteiger partial charge in [-0.2, -0.15) is 0 Å². The van der Waals surface area contributed by atoms with Crippen molar-refractivity contribution in [3.05, 3.63) is 93.7 Å². The van der Waals surface area contributed by atoms with Gasteiger partial charge >= 0.3 is 0 Å². The van der Waals surface area contributed by atoms with Crippen LogP contribution in [0.25, 0.3) is 0 Å². The van der Waals surface area contributed by atoms with Crippen molar-refractivity contribution >= 4 is 17.2 Å². The Bertz CT molecular complexity index is 938. The number of nitrogens with zero attached hydrogens (tertiary/aromatic N) is 1. The molecule has 0 saturated heterocycles. The summed E-state index contributed by atoms with van der Waals surface area (Å²) in [5.74, 6) is -0.645. The van der Waals surface area contributed by atoms with Crippen LogP contribution in [-0.2, 0) is 11.3 Å². The lowest BCUT2D eigenvalue weighted by molar-refractivity contribution is -0.123. The van der Waals surface area contributed by atoms with Gasteiger partial charge in [0.25, 0.3) is 0 Å². The maximum atomic E-state index is 13.3. The third-order valence-electron chi connectivity index (χ3n) is 5.05. The van der Waals surface area contributed by atoms with Crippen molar-refractivity contribution in [3.8, 4) is 0 Å². The molecule has 4 rings (SSSR count). The minimum Gasteiger partial charge on any atom is -0.343 e. The van der Waals surface area contributed by atoms with Crippen molar-refractivity contribution in [2.45, 2.75) is 31.5 Å². The number of rotatable bonds is 8. The first-order valence-electron chi connectivity index (χ1n) is 9.65. The number of benzene rings is 2. The molecule has 150 valence electrons. The lowest BCUT2D eigenvalue weighted by Gasteiger charge is -2.24. The summed E-state index contributed by atoms with van der Waals surface area (Å²) in [6.45, 7) is 0.879. The third kappa shape index (κ3) is 5.28. The topological polar surface area (TPSA) is 32.3 Å². The molecule has 1 atom stereocenters. The Labute approximate surface area is 173 Å². The van der Waals surface area contributed by atoms with E-state index >= 15 is 0 Å². The summed E-state index contributed by atoms with van der Waals surface area (Å²) in [6, 6.07) is 16.6. The van der Waals surface area contributed by atoms with Crippen LogP contribution in [0.2, 0.25) is 0 Å². The fraction of sp³-hybridized carbons (Fsp3) is 0.261. The fourth-order valence-corrected chi connectivity index (χ4v) is 4.20. The molecule has 0 aliphatic heterocycles. The van der Waals surface area contributed by atoms with Crippen molar-refractivity contribution in [1.82, 2.24) is 10.2 Å². The van der Waals surface area contributed by atoms with Gasteiger partial charge in [0.05, 0.1) is 12.6 Å². The Morgan fingerprint density at radius 2 is 1.69 bits per heavy atom. The molecule has 1 aliphatic carbocycles. The van der Waals surface area contributed by atoms with E-state index < -0.39 is 0 Å². The zero-order valence-corrected chi connectivity index (χ0v) is 16.7. The van der Waals surface area contributed by atoms with E-state index in [0.717, 1.165) is 28.8 Å². The Morgan fingerprint density at radius 1 is 1.03 bits per heavy atom. The van der Waals surface area contributed by atoms with Gasteiger partial charge in [-0.1, -0.05) is 30.3 Å². The van der Waals surface area contributed by atoms with E-state index in [9.17, 15) is 13.6 Å². The Balaban J connectivity index is 1.46. The number of thiophene rings is 1. The second-order valence-corrected chi connectivity index (χ2v) is 8.31. The number of amides is 1. The van der Waals surface area contributed by atoms with E-state index in [-0.39, 0.29) is 30.1 Å². The van der Waals surface area contributed by atoms with Gasteiger partial charge in [-0.05, 0) is 59.7 Å². The maximum absolute atomic E-state index is 13.3. The molecule has 3 aromatic rings. The number of hydrogen-bond acceptors (Lipinski definition) is 3. The van der Waals surface area contributed by atoms with E-state index in [1.54, 1.807) is 35.6 Å². The molecule has 1 aromatic heterocycles. The van der Waals surface area contributed by atoms with Crippen LogP contribution >= 0.6 is 11.3 Å². The van der Waals surface area contributed by atoms with Crippen LogP contribution < -0.4 is 5.32 Å². The highest BCUT2D eigenvalue weighted by atomic mass is 32.1. The summed E-state index contributed by atoms with van der Waals surface area (Å²) in [4.78, 5) is 16.0. The Hall–Kier alpha value is -2.57. The average molecular weight is 413 g/mol. The summed E-state index contributed by atoms with van der Waals surface area (Å²) in [6.07, 6.45) is 2.14. The highest BCUT2D eigenvalue weighted by Gasteiger charge is 2.31. The normalized spacial score (nSPS) is 14.7. The first-order valence-corrected chi connectivity index (χ1v) is 10.5. The van der Waals surface area contributed by atoms with Gasteiger partial charge in [0, 0.05) is 17.5 Å². The van der Waals surface area contributed by atoms with Crippen LogP contribution in [0.3, 0.4) is 0 Å². The highest BCUT2D eigenvalue weighted by molar-refractivity contribution is 7.10. The first-order chi connectivity index (χ1) is 14.1. The SMILES string of the molecule is O=C(CN(Cc1ccc(F)cc1)C1CC1)N[C@H](c1ccc(F)cc1)c1cccs1. The predicted octanol–water partition coefficient (Wildman–Crippen LogP) is 4.90. The quantitative estimate of drug-likeness (QED) is 0.571. The van der Waals surface area contributed by atoms with Crippen LogP contribution in [0.15, 0.2) is 66.0 Å². The Kier molecular flexibility index (Phi) is 6.02. The number of carbonyl (C=O) groups is 1. The molecule has 6 heteroatoms. The third-order valence-corrected chi connectivity index (χ3v) is 5.98. The summed E-state index contributed by atoms with van der Waals surface area (Å²) < 4.78 is 26.5. The van der Waals surface area contributed by atoms with Crippen molar-refractivity contribution in [3.63, 3.8) is 0 Å². The molecule has 1 amide bonds. The van der Waals surface area contributed by atoms with Crippen LogP contribution in [0.1, 0.15) is 34.9 Å². The van der Waals surface area contributed by atoms with Crippen molar-refractivity contribution in [2.75, 3.05) is 6.54 Å². The lowest BCUT2D eigenvalue weighted by Crippen LogP contribution is -2.39. The zero-order chi connectivity index (χ0) is 20.2. The summed E-state index contributed by atoms with van der Waals surface area (Å²) in [7, 11) is 0. The molecule has 1 fully saturated rings. The van der Waals surface area contributed by atoms with E-state index in [1.807, 2.05) is 17.5 Å². The van der Waals surface area contributed by atoms with Crippen LogP contribution in [0.4, 0.5) is 8.78 Å². The van der Waals surface area contributed by atoms with Gasteiger partial charge in [-0.25, -0.2) is 8.78 Å². The summed E-state index contributed by atoms with van der Waals surface area (Å²) in [5, 5.41) is 5.07. The minimum absolute atomic E-state index is 0.0817. The second-order valence-electron chi connectivity index (χ2n) is 7.33. The lowest BCUT2D eigenvalue weighted by atomic mass is 10.1. The van der Waals surface area contributed by atoms with Gasteiger partial charge in [0.1, 0.15) is 11.6 Å². The molecule has 3 nitrogen and oxygen atoms in total. The Morgan fingerprint density at radius 3 is 2.28 bits per heavy atom. The standard InChI is InChI=1S/C23H22F2N2OS/c24-18-7-3-16(4-8-18)14-27(20-11-12-20)15-22(28)26-23(21-2-1-13-29-21)17-5-9-19(25)10-6-17/h1-10,13,20,23H,11-12,14-15H2,(H,26,28)/t23-/m1/s1. The van der Waals surface area contributed by atoms with Gasteiger partial charge in [-0.3, -0.25) is 9.69 Å². The van der Waals surface area contributed by atoms with E-state index in [2.05, 4.69) is 10.2 Å². The number of hydrogen-bond donors (Lipinski definition) is 1. The minimum atomic E-state index is -0.310. The fourth-order valence-electron chi connectivity index (χ4n) is 3.40. The molecule has 2 aromatic carbocycles. The number of nitrogens with one attached hydrogen (secondary N) is 1. The van der Waals surface area contributed by atoms with Crippen LogP contribution in [0, 0.1) is 11.6 Å². The molecule has 1 heterocycles. The second kappa shape index (κ2) is 8.84. The molecule has 0 radical (unpaired) electrons. The maximum Gasteiger partial charge on any atom is 0.234 e. The predicted molar refractivity (Wildman–Crippen MR) is 111 cm³/mol. The summed E-state index contributed by atoms with van der Waals surface area (Å²) in [5.41, 5.74) is 1.83. The molecule has 29 heavy (non-hydrogen) atoms. The van der Waals surface area contributed by atoms with Gasteiger partial charge < -0.3 is 5.32 Å². The average Bonchev–Trinajstić information content (AvgIpc) is 3.42. The van der Waals surface area contributed by atoms with Crippen LogP contribution in [-0.4, -0.2) is 23.4 Å². The van der Waals surface area contributed by atoms with Gasteiger partial charge in [-0.15, -0.1) is 11.3 Å². The number of carbonyl (C=O) groups excluding carboxylic acids is 1. The smallest absolute Gasteiger partial charge is 0.234 e. The van der Waals surface area contributed by atoms with E-state index in [0.29, 0.717) is 12.6 Å². The molecule has 0 unspecified atom stereocenters. The van der Waals surface area contributed by atoms with Crippen molar-refractivity contribution in [1.29, 1.82) is 0 Å². The molecule has 1 N–H and O–H groups in total. The molecule has 0 bridgehead atoms. The first kappa shape index (κ1) is 19.7.